The summed E-state index contributed by atoms with van der Waals surface area (Å²) in [7, 11) is -3.14. The number of nitrogens with one attached hydrogen (secondary N) is 3. The van der Waals surface area contributed by atoms with Crippen molar-refractivity contribution in [3.05, 3.63) is 12.3 Å². The van der Waals surface area contributed by atoms with Gasteiger partial charge >= 0.3 is 0 Å². The highest BCUT2D eigenvalue weighted by atomic mass is 32.2. The third-order valence-electron chi connectivity index (χ3n) is 4.01. The van der Waals surface area contributed by atoms with Crippen molar-refractivity contribution in [2.75, 3.05) is 36.6 Å². The van der Waals surface area contributed by atoms with Crippen LogP contribution in [0.2, 0.25) is 0 Å². The molecular weight excluding hydrogens is 342 g/mol. The molecule has 0 aliphatic carbocycles. The zero-order valence-electron chi connectivity index (χ0n) is 15.2. The maximum Gasteiger partial charge on any atom is 0.224 e. The van der Waals surface area contributed by atoms with Crippen molar-refractivity contribution < 1.29 is 13.2 Å². The first-order valence-corrected chi connectivity index (χ1v) is 10.6. The Kier molecular flexibility index (Phi) is 7.39. The van der Waals surface area contributed by atoms with Crippen molar-refractivity contribution in [2.24, 2.45) is 5.92 Å². The summed E-state index contributed by atoms with van der Waals surface area (Å²) in [5.74, 6) is 1.75. The van der Waals surface area contributed by atoms with Gasteiger partial charge in [0.15, 0.2) is 0 Å². The Morgan fingerprint density at radius 3 is 2.88 bits per heavy atom. The summed E-state index contributed by atoms with van der Waals surface area (Å²) < 4.78 is 30.3. The lowest BCUT2D eigenvalue weighted by molar-refractivity contribution is -0.0203. The molecule has 0 spiro atoms. The molecule has 0 radical (unpaired) electrons. The summed E-state index contributed by atoms with van der Waals surface area (Å²) in [5, 5.41) is 6.58. The van der Waals surface area contributed by atoms with Gasteiger partial charge in [0.25, 0.3) is 0 Å². The van der Waals surface area contributed by atoms with Crippen LogP contribution in [0.15, 0.2) is 12.3 Å². The predicted octanol–water partition coefficient (Wildman–Crippen LogP) is 1.44. The molecule has 2 unspecified atom stereocenters. The molecule has 142 valence electrons. The zero-order chi connectivity index (χ0) is 18.3. The Balaban J connectivity index is 1.84. The van der Waals surface area contributed by atoms with Crippen LogP contribution in [-0.2, 0) is 14.8 Å². The van der Waals surface area contributed by atoms with E-state index in [0.29, 0.717) is 31.4 Å². The molecule has 1 aliphatic rings. The highest BCUT2D eigenvalue weighted by molar-refractivity contribution is 7.88. The van der Waals surface area contributed by atoms with Gasteiger partial charge in [-0.05, 0) is 31.2 Å². The minimum Gasteiger partial charge on any atom is -0.376 e. The van der Waals surface area contributed by atoms with E-state index < -0.39 is 10.0 Å². The Morgan fingerprint density at radius 1 is 1.36 bits per heavy atom. The number of sulfonamides is 1. The van der Waals surface area contributed by atoms with E-state index in [1.54, 1.807) is 6.20 Å². The van der Waals surface area contributed by atoms with Gasteiger partial charge in [0, 0.05) is 25.9 Å². The predicted molar refractivity (Wildman–Crippen MR) is 99.2 cm³/mol. The number of aromatic nitrogens is 2. The molecule has 2 atom stereocenters. The third kappa shape index (κ3) is 7.13. The summed E-state index contributed by atoms with van der Waals surface area (Å²) in [4.78, 5) is 8.68. The number of anilines is 2. The minimum absolute atomic E-state index is 0.183. The van der Waals surface area contributed by atoms with Crippen LogP contribution >= 0.6 is 0 Å². The van der Waals surface area contributed by atoms with Gasteiger partial charge in [-0.2, -0.15) is 4.98 Å². The SMILES string of the molecule is CC(C)C1OCCCC1Nc1ccnc(NCCCNS(C)(=O)=O)n1. The normalized spacial score (nSPS) is 21.3. The van der Waals surface area contributed by atoms with Gasteiger partial charge in [0.05, 0.1) is 18.4 Å². The summed E-state index contributed by atoms with van der Waals surface area (Å²) in [5.41, 5.74) is 0. The van der Waals surface area contributed by atoms with Gasteiger partial charge in [-0.15, -0.1) is 0 Å². The van der Waals surface area contributed by atoms with Crippen molar-refractivity contribution in [1.82, 2.24) is 14.7 Å². The van der Waals surface area contributed by atoms with Crippen molar-refractivity contribution in [1.29, 1.82) is 0 Å². The third-order valence-corrected chi connectivity index (χ3v) is 4.74. The molecule has 3 N–H and O–H groups in total. The fourth-order valence-corrected chi connectivity index (χ4v) is 3.39. The average Bonchev–Trinajstić information content (AvgIpc) is 2.54. The first kappa shape index (κ1) is 19.9. The second-order valence-corrected chi connectivity index (χ2v) is 8.52. The smallest absolute Gasteiger partial charge is 0.224 e. The van der Waals surface area contributed by atoms with Crippen LogP contribution in [0.5, 0.6) is 0 Å². The van der Waals surface area contributed by atoms with Crippen LogP contribution < -0.4 is 15.4 Å². The molecule has 8 nitrogen and oxygen atoms in total. The van der Waals surface area contributed by atoms with E-state index >= 15 is 0 Å². The number of hydrogen-bond acceptors (Lipinski definition) is 7. The summed E-state index contributed by atoms with van der Waals surface area (Å²) in [6, 6.07) is 2.10. The van der Waals surface area contributed by atoms with E-state index in [9.17, 15) is 8.42 Å². The molecule has 1 aliphatic heterocycles. The fourth-order valence-electron chi connectivity index (χ4n) is 2.87. The fraction of sp³-hybridized carbons (Fsp3) is 0.750. The van der Waals surface area contributed by atoms with Crippen molar-refractivity contribution in [3.8, 4) is 0 Å². The maximum absolute atomic E-state index is 11.0. The van der Waals surface area contributed by atoms with Crippen LogP contribution in [0.1, 0.15) is 33.1 Å². The van der Waals surface area contributed by atoms with Crippen LogP contribution in [0, 0.1) is 5.92 Å². The van der Waals surface area contributed by atoms with Crippen LogP contribution in [0.4, 0.5) is 11.8 Å². The van der Waals surface area contributed by atoms with Gasteiger partial charge in [0.1, 0.15) is 5.82 Å². The molecule has 9 heteroatoms. The molecule has 1 saturated heterocycles. The van der Waals surface area contributed by atoms with Gasteiger partial charge in [-0.3, -0.25) is 0 Å². The summed E-state index contributed by atoms with van der Waals surface area (Å²) >= 11 is 0. The maximum atomic E-state index is 11.0. The molecule has 1 aromatic rings. The molecule has 25 heavy (non-hydrogen) atoms. The summed E-state index contributed by atoms with van der Waals surface area (Å²) in [6.07, 6.45) is 5.80. The van der Waals surface area contributed by atoms with Crippen molar-refractivity contribution in [3.63, 3.8) is 0 Å². The highest BCUT2D eigenvalue weighted by Crippen LogP contribution is 2.23. The van der Waals surface area contributed by atoms with Gasteiger partial charge in [-0.1, -0.05) is 13.8 Å². The first-order valence-electron chi connectivity index (χ1n) is 8.75. The largest absolute Gasteiger partial charge is 0.376 e. The Morgan fingerprint density at radius 2 is 2.16 bits per heavy atom. The summed E-state index contributed by atoms with van der Waals surface area (Å²) in [6.45, 7) is 6.13. The van der Waals surface area contributed by atoms with Gasteiger partial charge < -0.3 is 15.4 Å². The van der Waals surface area contributed by atoms with E-state index in [2.05, 4.69) is 39.2 Å². The topological polar surface area (TPSA) is 105 Å². The van der Waals surface area contributed by atoms with E-state index in [-0.39, 0.29) is 12.1 Å². The Bertz CT molecular complexity index is 638. The number of nitrogens with zero attached hydrogens (tertiary/aromatic N) is 2. The second-order valence-electron chi connectivity index (χ2n) is 6.68. The van der Waals surface area contributed by atoms with Crippen LogP contribution in [0.25, 0.3) is 0 Å². The van der Waals surface area contributed by atoms with E-state index in [0.717, 1.165) is 31.5 Å². The first-order chi connectivity index (χ1) is 11.8. The van der Waals surface area contributed by atoms with E-state index in [1.165, 1.54) is 0 Å². The Hall–Kier alpha value is -1.45. The molecule has 1 aromatic heterocycles. The van der Waals surface area contributed by atoms with E-state index in [4.69, 9.17) is 4.74 Å². The molecule has 0 saturated carbocycles. The standard InChI is InChI=1S/C16H29N5O3S/c1-12(2)15-13(6-4-11-24-15)20-14-7-10-18-16(21-14)17-8-5-9-19-25(3,22)23/h7,10,12-13,15,19H,4-6,8-9,11H2,1-3H3,(H2,17,18,20,21). The number of hydrogen-bond donors (Lipinski definition) is 3. The van der Waals surface area contributed by atoms with Crippen LogP contribution in [0.3, 0.4) is 0 Å². The van der Waals surface area contributed by atoms with Crippen molar-refractivity contribution >= 4 is 21.8 Å². The molecule has 1 fully saturated rings. The van der Waals surface area contributed by atoms with Gasteiger partial charge in [-0.25, -0.2) is 18.1 Å². The number of ether oxygens (including phenoxy) is 1. The lowest BCUT2D eigenvalue weighted by Gasteiger charge is -2.35. The monoisotopic (exact) mass is 371 g/mol. The van der Waals surface area contributed by atoms with Crippen LogP contribution in [-0.4, -0.2) is 56.5 Å². The highest BCUT2D eigenvalue weighted by Gasteiger charge is 2.28. The molecule has 0 amide bonds. The zero-order valence-corrected chi connectivity index (χ0v) is 16.0. The molecule has 2 rings (SSSR count). The van der Waals surface area contributed by atoms with Gasteiger partial charge in [0.2, 0.25) is 16.0 Å². The molecule has 2 heterocycles. The Labute approximate surface area is 150 Å². The molecular formula is C16H29N5O3S. The molecule has 0 aromatic carbocycles. The second kappa shape index (κ2) is 9.30. The average molecular weight is 372 g/mol. The molecule has 0 bridgehead atoms. The lowest BCUT2D eigenvalue weighted by atomic mass is 9.94. The number of rotatable bonds is 9. The van der Waals surface area contributed by atoms with E-state index in [1.807, 2.05) is 6.07 Å². The quantitative estimate of drug-likeness (QED) is 0.564. The lowest BCUT2D eigenvalue weighted by Crippen LogP contribution is -2.43. The minimum atomic E-state index is -3.14. The van der Waals surface area contributed by atoms with Crippen molar-refractivity contribution in [2.45, 2.75) is 45.3 Å².